The largest absolute Gasteiger partial charge is 0.494 e. The Labute approximate surface area is 157 Å². The zero-order chi connectivity index (χ0) is 19.6. The molecule has 6 nitrogen and oxygen atoms in total. The van der Waals surface area contributed by atoms with Crippen LogP contribution in [0.1, 0.15) is 38.5 Å². The number of nitrogens with one attached hydrogen (secondary N) is 1. The molecule has 2 aromatic rings. The summed E-state index contributed by atoms with van der Waals surface area (Å²) in [6, 6.07) is 6.06. The first-order valence-electron chi connectivity index (χ1n) is 8.99. The van der Waals surface area contributed by atoms with Crippen molar-refractivity contribution >= 4 is 11.8 Å². The van der Waals surface area contributed by atoms with Crippen molar-refractivity contribution in [3.63, 3.8) is 0 Å². The van der Waals surface area contributed by atoms with Gasteiger partial charge in [-0.25, -0.2) is 4.39 Å². The molecular formula is C20H24FN3O3. The van der Waals surface area contributed by atoms with Gasteiger partial charge in [0.2, 0.25) is 0 Å². The number of benzene rings is 1. The van der Waals surface area contributed by atoms with Gasteiger partial charge in [0.05, 0.1) is 12.7 Å². The maximum atomic E-state index is 13.9. The third-order valence-electron chi connectivity index (χ3n) is 4.85. The van der Waals surface area contributed by atoms with Crippen molar-refractivity contribution in [1.29, 1.82) is 0 Å². The van der Waals surface area contributed by atoms with Crippen LogP contribution in [-0.2, 0) is 0 Å². The molecule has 0 bridgehead atoms. The molecule has 1 aliphatic heterocycles. The summed E-state index contributed by atoms with van der Waals surface area (Å²) in [5, 5.41) is 0. The highest BCUT2D eigenvalue weighted by Crippen LogP contribution is 2.20. The van der Waals surface area contributed by atoms with Crippen LogP contribution in [0.3, 0.4) is 0 Å². The molecule has 0 spiro atoms. The molecule has 3 rings (SSSR count). The maximum absolute atomic E-state index is 13.9. The molecule has 27 heavy (non-hydrogen) atoms. The Morgan fingerprint density at radius 1 is 1.04 bits per heavy atom. The average molecular weight is 373 g/mol. The molecule has 0 saturated carbocycles. The first kappa shape index (κ1) is 18.9. The van der Waals surface area contributed by atoms with E-state index in [0.717, 1.165) is 11.4 Å². The molecule has 0 atom stereocenters. The van der Waals surface area contributed by atoms with Crippen LogP contribution < -0.4 is 4.74 Å². The summed E-state index contributed by atoms with van der Waals surface area (Å²) in [7, 11) is 1.38. The van der Waals surface area contributed by atoms with Crippen molar-refractivity contribution in [3.8, 4) is 5.75 Å². The van der Waals surface area contributed by atoms with Crippen LogP contribution in [0.5, 0.6) is 5.75 Å². The van der Waals surface area contributed by atoms with Gasteiger partial charge in [0.1, 0.15) is 0 Å². The number of nitrogens with zero attached hydrogens (tertiary/aromatic N) is 2. The van der Waals surface area contributed by atoms with Crippen molar-refractivity contribution in [3.05, 3.63) is 52.6 Å². The Kier molecular flexibility index (Phi) is 5.48. The molecule has 1 N–H and O–H groups in total. The summed E-state index contributed by atoms with van der Waals surface area (Å²) in [4.78, 5) is 32.1. The highest BCUT2D eigenvalue weighted by Gasteiger charge is 2.25. The monoisotopic (exact) mass is 373 g/mol. The number of carbonyl (C=O) groups excluding carboxylic acids is 2. The number of aromatic amines is 1. The van der Waals surface area contributed by atoms with Crippen LogP contribution in [0, 0.1) is 19.7 Å². The Bertz CT molecular complexity index is 862. The number of carbonyl (C=O) groups is 2. The minimum Gasteiger partial charge on any atom is -0.494 e. The fourth-order valence-corrected chi connectivity index (χ4v) is 3.42. The Balaban J connectivity index is 1.69. The van der Waals surface area contributed by atoms with Crippen LogP contribution in [0.2, 0.25) is 0 Å². The van der Waals surface area contributed by atoms with Crippen LogP contribution in [0.15, 0.2) is 24.3 Å². The van der Waals surface area contributed by atoms with Gasteiger partial charge in [0.15, 0.2) is 11.6 Å². The third-order valence-corrected chi connectivity index (χ3v) is 4.85. The highest BCUT2D eigenvalue weighted by molar-refractivity contribution is 5.96. The topological polar surface area (TPSA) is 65.6 Å². The number of rotatable bonds is 3. The minimum atomic E-state index is -0.562. The third kappa shape index (κ3) is 3.97. The zero-order valence-corrected chi connectivity index (χ0v) is 15.8. The number of hydrogen-bond donors (Lipinski definition) is 1. The quantitative estimate of drug-likeness (QED) is 0.900. The summed E-state index contributed by atoms with van der Waals surface area (Å²) < 4.78 is 18.8. The van der Waals surface area contributed by atoms with E-state index in [1.54, 1.807) is 15.9 Å². The molecule has 0 unspecified atom stereocenters. The molecule has 1 saturated heterocycles. The van der Waals surface area contributed by atoms with Crippen LogP contribution >= 0.6 is 0 Å². The van der Waals surface area contributed by atoms with Crippen molar-refractivity contribution in [2.45, 2.75) is 20.3 Å². The normalized spacial score (nSPS) is 14.8. The number of methoxy groups -OCH3 is 1. The van der Waals surface area contributed by atoms with Crippen LogP contribution in [-0.4, -0.2) is 59.9 Å². The molecule has 1 aliphatic rings. The SMILES string of the molecule is COc1ccc(C(=O)N2CCCN(C(=O)c3cc(C)[nH]c3C)CC2)cc1F. The van der Waals surface area contributed by atoms with Gasteiger partial charge in [0, 0.05) is 43.1 Å². The molecule has 2 amide bonds. The number of hydrogen-bond acceptors (Lipinski definition) is 3. The van der Waals surface area contributed by atoms with Gasteiger partial charge in [0.25, 0.3) is 11.8 Å². The summed E-state index contributed by atoms with van der Waals surface area (Å²) in [5.74, 6) is -0.717. The molecule has 2 heterocycles. The van der Waals surface area contributed by atoms with Gasteiger partial charge in [-0.3, -0.25) is 9.59 Å². The highest BCUT2D eigenvalue weighted by atomic mass is 19.1. The van der Waals surface area contributed by atoms with E-state index in [1.165, 1.54) is 19.2 Å². The van der Waals surface area contributed by atoms with Crippen molar-refractivity contribution < 1.29 is 18.7 Å². The van der Waals surface area contributed by atoms with E-state index in [1.807, 2.05) is 19.9 Å². The summed E-state index contributed by atoms with van der Waals surface area (Å²) >= 11 is 0. The second-order valence-electron chi connectivity index (χ2n) is 6.78. The predicted molar refractivity (Wildman–Crippen MR) is 99.6 cm³/mol. The van der Waals surface area contributed by atoms with Crippen molar-refractivity contribution in [2.75, 3.05) is 33.3 Å². The van der Waals surface area contributed by atoms with E-state index >= 15 is 0 Å². The Hall–Kier alpha value is -2.83. The minimum absolute atomic E-state index is 0.0263. The Morgan fingerprint density at radius 2 is 1.70 bits per heavy atom. The molecule has 1 aromatic heterocycles. The fourth-order valence-electron chi connectivity index (χ4n) is 3.42. The van der Waals surface area contributed by atoms with Crippen LogP contribution in [0.4, 0.5) is 4.39 Å². The van der Waals surface area contributed by atoms with Crippen LogP contribution in [0.25, 0.3) is 0 Å². The lowest BCUT2D eigenvalue weighted by Crippen LogP contribution is -2.37. The number of amides is 2. The molecule has 7 heteroatoms. The number of H-pyrrole nitrogens is 1. The lowest BCUT2D eigenvalue weighted by Gasteiger charge is -2.22. The summed E-state index contributed by atoms with van der Waals surface area (Å²) in [5.41, 5.74) is 2.75. The summed E-state index contributed by atoms with van der Waals surface area (Å²) in [6.45, 7) is 5.78. The standard InChI is InChI=1S/C20H24FN3O3/c1-13-11-16(14(2)22-13)20(26)24-8-4-7-23(9-10-24)19(25)15-5-6-18(27-3)17(21)12-15/h5-6,11-12,22H,4,7-10H2,1-3H3. The van der Waals surface area contributed by atoms with E-state index in [4.69, 9.17) is 4.74 Å². The predicted octanol–water partition coefficient (Wildman–Crippen LogP) is 2.77. The van der Waals surface area contributed by atoms with E-state index < -0.39 is 5.82 Å². The fraction of sp³-hybridized carbons (Fsp3) is 0.400. The second-order valence-corrected chi connectivity index (χ2v) is 6.78. The van der Waals surface area contributed by atoms with Gasteiger partial charge < -0.3 is 19.5 Å². The molecule has 0 aliphatic carbocycles. The molecule has 1 fully saturated rings. The lowest BCUT2D eigenvalue weighted by atomic mass is 10.1. The van der Waals surface area contributed by atoms with E-state index in [0.29, 0.717) is 38.2 Å². The Morgan fingerprint density at radius 3 is 2.26 bits per heavy atom. The lowest BCUT2D eigenvalue weighted by molar-refractivity contribution is 0.0718. The van der Waals surface area contributed by atoms with Crippen molar-refractivity contribution in [2.24, 2.45) is 0 Å². The first-order chi connectivity index (χ1) is 12.9. The van der Waals surface area contributed by atoms with Gasteiger partial charge >= 0.3 is 0 Å². The maximum Gasteiger partial charge on any atom is 0.255 e. The number of aromatic nitrogens is 1. The number of aryl methyl sites for hydroxylation is 2. The number of ether oxygens (including phenoxy) is 1. The molecule has 144 valence electrons. The molecular weight excluding hydrogens is 349 g/mol. The molecule has 1 aromatic carbocycles. The van der Waals surface area contributed by atoms with Crippen molar-refractivity contribution in [1.82, 2.24) is 14.8 Å². The molecule has 0 radical (unpaired) electrons. The van der Waals surface area contributed by atoms with Gasteiger partial charge in [-0.05, 0) is 44.5 Å². The first-order valence-corrected chi connectivity index (χ1v) is 8.99. The summed E-state index contributed by atoms with van der Waals surface area (Å²) in [6.07, 6.45) is 0.679. The second kappa shape index (κ2) is 7.82. The van der Waals surface area contributed by atoms with Gasteiger partial charge in [-0.2, -0.15) is 0 Å². The van der Waals surface area contributed by atoms with Gasteiger partial charge in [-0.15, -0.1) is 0 Å². The average Bonchev–Trinajstić information content (AvgIpc) is 2.85. The zero-order valence-electron chi connectivity index (χ0n) is 15.8. The smallest absolute Gasteiger partial charge is 0.255 e. The van der Waals surface area contributed by atoms with E-state index in [2.05, 4.69) is 4.98 Å². The number of halogens is 1. The van der Waals surface area contributed by atoms with E-state index in [-0.39, 0.29) is 23.1 Å². The van der Waals surface area contributed by atoms with E-state index in [9.17, 15) is 14.0 Å². The van der Waals surface area contributed by atoms with Gasteiger partial charge in [-0.1, -0.05) is 0 Å².